The van der Waals surface area contributed by atoms with E-state index < -0.39 is 6.04 Å². The minimum atomic E-state index is -0.464. The molecule has 2 atom stereocenters. The lowest BCUT2D eigenvalue weighted by Crippen LogP contribution is -2.32. The van der Waals surface area contributed by atoms with Crippen molar-refractivity contribution in [3.8, 4) is 0 Å². The van der Waals surface area contributed by atoms with Gasteiger partial charge in [-0.1, -0.05) is 36.4 Å². The molecule has 21 heavy (non-hydrogen) atoms. The number of fused-ring (bicyclic) bond motifs is 1. The Hall–Kier alpha value is -2.20. The molecule has 0 bridgehead atoms. The molecule has 1 heterocycles. The van der Waals surface area contributed by atoms with Gasteiger partial charge in [-0.3, -0.25) is 10.3 Å². The number of benzene rings is 1. The van der Waals surface area contributed by atoms with Gasteiger partial charge in [0.2, 0.25) is 0 Å². The normalized spacial score (nSPS) is 18.0. The van der Waals surface area contributed by atoms with Crippen LogP contribution in [0.4, 0.5) is 0 Å². The highest BCUT2D eigenvalue weighted by Crippen LogP contribution is 2.31. The number of hydrogen-bond donors (Lipinski definition) is 1. The first-order chi connectivity index (χ1) is 10.3. The van der Waals surface area contributed by atoms with Gasteiger partial charge in [-0.2, -0.15) is 0 Å². The van der Waals surface area contributed by atoms with Gasteiger partial charge >= 0.3 is 5.97 Å². The maximum absolute atomic E-state index is 12.1. The van der Waals surface area contributed by atoms with Crippen LogP contribution >= 0.6 is 0 Å². The molecule has 1 aliphatic rings. The van der Waals surface area contributed by atoms with E-state index in [1.807, 2.05) is 36.4 Å². The molecular weight excluding hydrogens is 264 g/mol. The Bertz CT molecular complexity index is 628. The third kappa shape index (κ3) is 2.81. The van der Waals surface area contributed by atoms with Crippen molar-refractivity contribution in [1.82, 2.24) is 10.3 Å². The minimum Gasteiger partial charge on any atom is -0.468 e. The van der Waals surface area contributed by atoms with E-state index in [4.69, 9.17) is 4.74 Å². The Morgan fingerprint density at radius 1 is 1.29 bits per heavy atom. The molecule has 1 aromatic carbocycles. The molecule has 108 valence electrons. The van der Waals surface area contributed by atoms with Crippen molar-refractivity contribution in [2.45, 2.75) is 24.9 Å². The number of nitrogens with one attached hydrogen (secondary N) is 1. The number of ether oxygens (including phenoxy) is 1. The van der Waals surface area contributed by atoms with Crippen LogP contribution in [0.3, 0.4) is 0 Å². The fourth-order valence-corrected chi connectivity index (χ4v) is 2.84. The summed E-state index contributed by atoms with van der Waals surface area (Å²) in [6.07, 6.45) is 3.74. The average Bonchev–Trinajstić information content (AvgIpc) is 2.96. The summed E-state index contributed by atoms with van der Waals surface area (Å²) >= 11 is 0. The van der Waals surface area contributed by atoms with E-state index in [9.17, 15) is 4.79 Å². The van der Waals surface area contributed by atoms with Crippen LogP contribution in [-0.4, -0.2) is 18.1 Å². The van der Waals surface area contributed by atoms with E-state index >= 15 is 0 Å². The number of hydrogen-bond acceptors (Lipinski definition) is 4. The molecule has 2 aromatic rings. The van der Waals surface area contributed by atoms with Crippen LogP contribution in [0, 0.1) is 0 Å². The molecule has 0 spiro atoms. The number of carbonyl (C=O) groups excluding carboxylic acids is 1. The van der Waals surface area contributed by atoms with Gasteiger partial charge in [0, 0.05) is 6.20 Å². The summed E-state index contributed by atoms with van der Waals surface area (Å²) in [7, 11) is 1.42. The van der Waals surface area contributed by atoms with Crippen LogP contribution in [0.15, 0.2) is 48.7 Å². The van der Waals surface area contributed by atoms with Crippen LogP contribution < -0.4 is 5.32 Å². The van der Waals surface area contributed by atoms with Gasteiger partial charge in [-0.25, -0.2) is 4.79 Å². The van der Waals surface area contributed by atoms with E-state index in [2.05, 4.69) is 16.4 Å². The Morgan fingerprint density at radius 3 is 2.86 bits per heavy atom. The molecule has 4 heteroatoms. The SMILES string of the molecule is COC(=O)C(NC1CCc2cccnc21)c1ccccc1. The molecule has 0 amide bonds. The number of nitrogens with zero attached hydrogens (tertiary/aromatic N) is 1. The smallest absolute Gasteiger partial charge is 0.327 e. The second kappa shape index (κ2) is 6.06. The monoisotopic (exact) mass is 282 g/mol. The third-order valence-electron chi connectivity index (χ3n) is 3.90. The minimum absolute atomic E-state index is 0.0884. The molecule has 0 fully saturated rings. The lowest BCUT2D eigenvalue weighted by atomic mass is 10.1. The summed E-state index contributed by atoms with van der Waals surface area (Å²) in [4.78, 5) is 16.6. The summed E-state index contributed by atoms with van der Waals surface area (Å²) in [6, 6.07) is 13.3. The van der Waals surface area contributed by atoms with Crippen LogP contribution in [0.2, 0.25) is 0 Å². The Kier molecular flexibility index (Phi) is 3.97. The highest BCUT2D eigenvalue weighted by atomic mass is 16.5. The average molecular weight is 282 g/mol. The Balaban J connectivity index is 1.85. The zero-order valence-electron chi connectivity index (χ0n) is 12.0. The largest absolute Gasteiger partial charge is 0.468 e. The molecule has 1 N–H and O–H groups in total. The van der Waals surface area contributed by atoms with Gasteiger partial charge in [0.1, 0.15) is 6.04 Å². The number of rotatable bonds is 4. The third-order valence-corrected chi connectivity index (χ3v) is 3.90. The first-order valence-corrected chi connectivity index (χ1v) is 7.12. The summed E-state index contributed by atoms with van der Waals surface area (Å²) in [6.45, 7) is 0. The molecule has 0 saturated carbocycles. The highest BCUT2D eigenvalue weighted by Gasteiger charge is 2.30. The van der Waals surface area contributed by atoms with Gasteiger partial charge in [0.15, 0.2) is 0 Å². The highest BCUT2D eigenvalue weighted by molar-refractivity contribution is 5.77. The van der Waals surface area contributed by atoms with E-state index in [0.717, 1.165) is 24.1 Å². The summed E-state index contributed by atoms with van der Waals surface area (Å²) in [5, 5.41) is 3.40. The lowest BCUT2D eigenvalue weighted by Gasteiger charge is -2.21. The lowest BCUT2D eigenvalue weighted by molar-refractivity contribution is -0.143. The fraction of sp³-hybridized carbons (Fsp3) is 0.294. The fourth-order valence-electron chi connectivity index (χ4n) is 2.84. The zero-order valence-corrected chi connectivity index (χ0v) is 12.0. The van der Waals surface area contributed by atoms with Crippen molar-refractivity contribution in [3.05, 3.63) is 65.5 Å². The summed E-state index contributed by atoms with van der Waals surface area (Å²) in [5.41, 5.74) is 3.21. The predicted molar refractivity (Wildman–Crippen MR) is 79.6 cm³/mol. The summed E-state index contributed by atoms with van der Waals surface area (Å²) in [5.74, 6) is -0.273. The molecule has 0 saturated heterocycles. The van der Waals surface area contributed by atoms with Crippen molar-refractivity contribution < 1.29 is 9.53 Å². The van der Waals surface area contributed by atoms with Crippen molar-refractivity contribution in [1.29, 1.82) is 0 Å². The number of carbonyl (C=O) groups is 1. The Labute approximate surface area is 124 Å². The molecule has 0 radical (unpaired) electrons. The van der Waals surface area contributed by atoms with Crippen LogP contribution in [0.25, 0.3) is 0 Å². The number of esters is 1. The zero-order chi connectivity index (χ0) is 14.7. The van der Waals surface area contributed by atoms with Crippen molar-refractivity contribution >= 4 is 5.97 Å². The van der Waals surface area contributed by atoms with Crippen molar-refractivity contribution in [3.63, 3.8) is 0 Å². The molecule has 2 unspecified atom stereocenters. The number of aromatic nitrogens is 1. The van der Waals surface area contributed by atoms with Gasteiger partial charge < -0.3 is 4.74 Å². The van der Waals surface area contributed by atoms with Crippen LogP contribution in [0.1, 0.15) is 35.3 Å². The maximum atomic E-state index is 12.1. The van der Waals surface area contributed by atoms with Crippen molar-refractivity contribution in [2.75, 3.05) is 7.11 Å². The number of pyridine rings is 1. The maximum Gasteiger partial charge on any atom is 0.327 e. The van der Waals surface area contributed by atoms with Gasteiger partial charge in [-0.15, -0.1) is 0 Å². The standard InChI is InChI=1S/C17H18N2O2/c1-21-17(20)16(12-6-3-2-4-7-12)19-14-10-9-13-8-5-11-18-15(13)14/h2-8,11,14,16,19H,9-10H2,1H3. The van der Waals surface area contributed by atoms with E-state index in [1.165, 1.54) is 12.7 Å². The molecule has 1 aliphatic carbocycles. The number of aryl methyl sites for hydroxylation is 1. The first-order valence-electron chi connectivity index (χ1n) is 7.12. The second-order valence-electron chi connectivity index (χ2n) is 5.17. The quantitative estimate of drug-likeness (QED) is 0.876. The Morgan fingerprint density at radius 2 is 2.10 bits per heavy atom. The van der Waals surface area contributed by atoms with E-state index in [-0.39, 0.29) is 12.0 Å². The number of methoxy groups -OCH3 is 1. The predicted octanol–water partition coefficient (Wildman–Crippen LogP) is 2.57. The van der Waals surface area contributed by atoms with E-state index in [1.54, 1.807) is 6.20 Å². The van der Waals surface area contributed by atoms with Crippen molar-refractivity contribution in [2.24, 2.45) is 0 Å². The van der Waals surface area contributed by atoms with Gasteiger partial charge in [-0.05, 0) is 30.0 Å². The molecular formula is C17H18N2O2. The topological polar surface area (TPSA) is 51.2 Å². The van der Waals surface area contributed by atoms with E-state index in [0.29, 0.717) is 0 Å². The molecule has 0 aliphatic heterocycles. The molecule has 4 nitrogen and oxygen atoms in total. The van der Waals surface area contributed by atoms with Crippen LogP contribution in [0.5, 0.6) is 0 Å². The first kappa shape index (κ1) is 13.8. The van der Waals surface area contributed by atoms with Crippen LogP contribution in [-0.2, 0) is 16.0 Å². The second-order valence-corrected chi connectivity index (χ2v) is 5.17. The van der Waals surface area contributed by atoms with Gasteiger partial charge in [0.25, 0.3) is 0 Å². The van der Waals surface area contributed by atoms with Gasteiger partial charge in [0.05, 0.1) is 18.8 Å². The summed E-state index contributed by atoms with van der Waals surface area (Å²) < 4.78 is 4.94. The molecule has 1 aromatic heterocycles. The molecule has 3 rings (SSSR count).